The molecule has 0 aromatic carbocycles. The lowest BCUT2D eigenvalue weighted by Crippen LogP contribution is -2.13. The number of ether oxygens (including phenoxy) is 1. The summed E-state index contributed by atoms with van der Waals surface area (Å²) in [6.07, 6.45) is 2.57. The molecule has 0 radical (unpaired) electrons. The molecule has 15 heavy (non-hydrogen) atoms. The van der Waals surface area contributed by atoms with E-state index in [0.29, 0.717) is 17.3 Å². The summed E-state index contributed by atoms with van der Waals surface area (Å²) in [6.45, 7) is 6.39. The van der Waals surface area contributed by atoms with Crippen molar-refractivity contribution in [2.75, 3.05) is 6.61 Å². The number of halogens is 1. The van der Waals surface area contributed by atoms with Crippen molar-refractivity contribution < 1.29 is 9.53 Å². The number of carbonyl (C=O) groups is 1. The van der Waals surface area contributed by atoms with Crippen LogP contribution in [0.2, 0.25) is 5.02 Å². The second kappa shape index (κ2) is 5.21. The fourth-order valence-corrected chi connectivity index (χ4v) is 1.51. The first-order chi connectivity index (χ1) is 7.06. The van der Waals surface area contributed by atoms with Crippen LogP contribution in [0.5, 0.6) is 0 Å². The number of aromatic nitrogens is 1. The Bertz CT molecular complexity index is 344. The van der Waals surface area contributed by atoms with Crippen molar-refractivity contribution in [1.29, 1.82) is 0 Å². The van der Waals surface area contributed by atoms with Gasteiger partial charge in [-0.05, 0) is 26.3 Å². The van der Waals surface area contributed by atoms with Crippen LogP contribution in [-0.4, -0.2) is 17.1 Å². The van der Waals surface area contributed by atoms with Crippen LogP contribution in [0.25, 0.3) is 0 Å². The molecule has 1 rings (SSSR count). The highest BCUT2D eigenvalue weighted by atomic mass is 35.5. The van der Waals surface area contributed by atoms with E-state index in [-0.39, 0.29) is 12.0 Å². The first-order valence-electron chi connectivity index (χ1n) is 5.10. The van der Waals surface area contributed by atoms with Crippen LogP contribution in [-0.2, 0) is 4.74 Å². The van der Waals surface area contributed by atoms with E-state index in [2.05, 4.69) is 0 Å². The minimum atomic E-state index is -0.308. The standard InChI is InChI=1S/C11H16ClNO2/c1-4-5-15-11(14)10-6-9(12)7-13(10)8(2)3/h6-8H,4-5H2,1-3H3. The Kier molecular flexibility index (Phi) is 4.21. The largest absolute Gasteiger partial charge is 0.461 e. The highest BCUT2D eigenvalue weighted by molar-refractivity contribution is 6.31. The maximum atomic E-state index is 11.6. The summed E-state index contributed by atoms with van der Waals surface area (Å²) in [4.78, 5) is 11.6. The minimum Gasteiger partial charge on any atom is -0.461 e. The zero-order chi connectivity index (χ0) is 11.4. The van der Waals surface area contributed by atoms with Gasteiger partial charge in [0.25, 0.3) is 0 Å². The Hall–Kier alpha value is -0.960. The summed E-state index contributed by atoms with van der Waals surface area (Å²) >= 11 is 5.86. The SMILES string of the molecule is CCCOC(=O)c1cc(Cl)cn1C(C)C. The molecule has 0 unspecified atom stereocenters. The summed E-state index contributed by atoms with van der Waals surface area (Å²) in [7, 11) is 0. The molecule has 84 valence electrons. The Balaban J connectivity index is 2.87. The molecule has 0 spiro atoms. The lowest BCUT2D eigenvalue weighted by atomic mass is 10.3. The molecular weight excluding hydrogens is 214 g/mol. The second-order valence-electron chi connectivity index (χ2n) is 3.68. The molecule has 0 amide bonds. The second-order valence-corrected chi connectivity index (χ2v) is 4.12. The molecule has 1 heterocycles. The molecule has 0 saturated heterocycles. The topological polar surface area (TPSA) is 31.2 Å². The highest BCUT2D eigenvalue weighted by Crippen LogP contribution is 2.19. The third-order valence-corrected chi connectivity index (χ3v) is 2.22. The summed E-state index contributed by atoms with van der Waals surface area (Å²) in [5.74, 6) is -0.308. The van der Waals surface area contributed by atoms with Crippen LogP contribution in [0, 0.1) is 0 Å². The molecule has 1 aromatic rings. The molecule has 0 saturated carbocycles. The number of carbonyl (C=O) groups excluding carboxylic acids is 1. The van der Waals surface area contributed by atoms with E-state index in [1.54, 1.807) is 12.3 Å². The van der Waals surface area contributed by atoms with Gasteiger partial charge in [-0.3, -0.25) is 0 Å². The summed E-state index contributed by atoms with van der Waals surface area (Å²) in [5.41, 5.74) is 0.517. The van der Waals surface area contributed by atoms with Crippen LogP contribution in [0.3, 0.4) is 0 Å². The fraction of sp³-hybridized carbons (Fsp3) is 0.545. The molecule has 0 aliphatic rings. The van der Waals surface area contributed by atoms with Crippen molar-refractivity contribution in [3.8, 4) is 0 Å². The van der Waals surface area contributed by atoms with Gasteiger partial charge < -0.3 is 9.30 Å². The number of nitrogens with zero attached hydrogens (tertiary/aromatic N) is 1. The van der Waals surface area contributed by atoms with Gasteiger partial charge in [0, 0.05) is 12.2 Å². The predicted molar refractivity (Wildman–Crippen MR) is 60.4 cm³/mol. The average molecular weight is 230 g/mol. The monoisotopic (exact) mass is 229 g/mol. The average Bonchev–Trinajstić information content (AvgIpc) is 2.57. The Labute approximate surface area is 95.0 Å². The Morgan fingerprint density at radius 1 is 1.60 bits per heavy atom. The van der Waals surface area contributed by atoms with E-state index in [1.165, 1.54) is 0 Å². The molecular formula is C11H16ClNO2. The van der Waals surface area contributed by atoms with Crippen LogP contribution in [0.4, 0.5) is 0 Å². The lowest BCUT2D eigenvalue weighted by Gasteiger charge is -2.11. The number of hydrogen-bond acceptors (Lipinski definition) is 2. The van der Waals surface area contributed by atoms with Crippen molar-refractivity contribution in [2.45, 2.75) is 33.2 Å². The van der Waals surface area contributed by atoms with E-state index < -0.39 is 0 Å². The first kappa shape index (κ1) is 12.1. The van der Waals surface area contributed by atoms with Crippen molar-refractivity contribution in [2.24, 2.45) is 0 Å². The normalized spacial score (nSPS) is 10.7. The van der Waals surface area contributed by atoms with Crippen LogP contribution in [0.1, 0.15) is 43.7 Å². The van der Waals surface area contributed by atoms with Crippen molar-refractivity contribution >= 4 is 17.6 Å². The third-order valence-electron chi connectivity index (χ3n) is 2.02. The molecule has 3 nitrogen and oxygen atoms in total. The van der Waals surface area contributed by atoms with Gasteiger partial charge in [0.15, 0.2) is 0 Å². The van der Waals surface area contributed by atoms with Gasteiger partial charge >= 0.3 is 5.97 Å². The van der Waals surface area contributed by atoms with E-state index >= 15 is 0 Å². The van der Waals surface area contributed by atoms with Gasteiger partial charge in [-0.25, -0.2) is 4.79 Å². The maximum Gasteiger partial charge on any atom is 0.355 e. The van der Waals surface area contributed by atoms with Gasteiger partial charge in [-0.2, -0.15) is 0 Å². The zero-order valence-corrected chi connectivity index (χ0v) is 10.0. The summed E-state index contributed by atoms with van der Waals surface area (Å²) in [5, 5.41) is 0.562. The first-order valence-corrected chi connectivity index (χ1v) is 5.48. The van der Waals surface area contributed by atoms with Crippen molar-refractivity contribution in [3.63, 3.8) is 0 Å². The summed E-state index contributed by atoms with van der Waals surface area (Å²) < 4.78 is 6.88. The van der Waals surface area contributed by atoms with Gasteiger partial charge in [0.1, 0.15) is 5.69 Å². The van der Waals surface area contributed by atoms with Gasteiger partial charge in [-0.15, -0.1) is 0 Å². The third kappa shape index (κ3) is 2.99. The molecule has 0 atom stereocenters. The van der Waals surface area contributed by atoms with E-state index in [1.807, 2.05) is 25.3 Å². The molecule has 0 aliphatic carbocycles. The van der Waals surface area contributed by atoms with E-state index in [4.69, 9.17) is 16.3 Å². The Morgan fingerprint density at radius 3 is 2.80 bits per heavy atom. The van der Waals surface area contributed by atoms with Crippen LogP contribution < -0.4 is 0 Å². The Morgan fingerprint density at radius 2 is 2.27 bits per heavy atom. The number of rotatable bonds is 4. The molecule has 1 aromatic heterocycles. The van der Waals surface area contributed by atoms with Gasteiger partial charge in [0.05, 0.1) is 11.6 Å². The van der Waals surface area contributed by atoms with Crippen molar-refractivity contribution in [3.05, 3.63) is 23.0 Å². The van der Waals surface area contributed by atoms with Crippen LogP contribution in [0.15, 0.2) is 12.3 Å². The fourth-order valence-electron chi connectivity index (χ4n) is 1.31. The van der Waals surface area contributed by atoms with Crippen molar-refractivity contribution in [1.82, 2.24) is 4.57 Å². The molecule has 0 fully saturated rings. The smallest absolute Gasteiger partial charge is 0.355 e. The van der Waals surface area contributed by atoms with Gasteiger partial charge in [-0.1, -0.05) is 18.5 Å². The zero-order valence-electron chi connectivity index (χ0n) is 9.29. The highest BCUT2D eigenvalue weighted by Gasteiger charge is 2.15. The predicted octanol–water partition coefficient (Wildman–Crippen LogP) is 3.29. The van der Waals surface area contributed by atoms with E-state index in [0.717, 1.165) is 6.42 Å². The summed E-state index contributed by atoms with van der Waals surface area (Å²) in [6, 6.07) is 1.83. The van der Waals surface area contributed by atoms with Crippen LogP contribution >= 0.6 is 11.6 Å². The molecule has 4 heteroatoms. The number of esters is 1. The quantitative estimate of drug-likeness (QED) is 0.742. The molecule has 0 bridgehead atoms. The maximum absolute atomic E-state index is 11.6. The molecule has 0 N–H and O–H groups in total. The lowest BCUT2D eigenvalue weighted by molar-refractivity contribution is 0.0491. The van der Waals surface area contributed by atoms with Gasteiger partial charge in [0.2, 0.25) is 0 Å². The molecule has 0 aliphatic heterocycles. The van der Waals surface area contributed by atoms with E-state index in [9.17, 15) is 4.79 Å². The minimum absolute atomic E-state index is 0.196. The number of hydrogen-bond donors (Lipinski definition) is 0.